The molecular formula is C12H17NO4. The summed E-state index contributed by atoms with van der Waals surface area (Å²) in [5, 5.41) is 18.5. The molecule has 0 heterocycles. The van der Waals surface area contributed by atoms with E-state index in [9.17, 15) is 9.90 Å². The van der Waals surface area contributed by atoms with Crippen molar-refractivity contribution in [2.45, 2.75) is 32.4 Å². The molecule has 5 heteroatoms. The third-order valence-electron chi connectivity index (χ3n) is 2.21. The van der Waals surface area contributed by atoms with Gasteiger partial charge in [0.25, 0.3) is 0 Å². The van der Waals surface area contributed by atoms with E-state index in [0.29, 0.717) is 11.3 Å². The molecule has 0 saturated heterocycles. The normalized spacial score (nSPS) is 12.5. The number of hydrogen-bond acceptors (Lipinski definition) is 4. The van der Waals surface area contributed by atoms with Crippen LogP contribution in [0.3, 0.4) is 0 Å². The number of ether oxygens (including phenoxy) is 1. The van der Waals surface area contributed by atoms with E-state index >= 15 is 0 Å². The Hall–Kier alpha value is -1.75. The fourth-order valence-electron chi connectivity index (χ4n) is 1.43. The van der Waals surface area contributed by atoms with E-state index in [1.165, 1.54) is 6.07 Å². The van der Waals surface area contributed by atoms with Crippen molar-refractivity contribution in [3.63, 3.8) is 0 Å². The second-order valence-electron chi connectivity index (χ2n) is 4.07. The van der Waals surface area contributed by atoms with Crippen molar-refractivity contribution in [2.75, 3.05) is 0 Å². The Morgan fingerprint density at radius 1 is 1.47 bits per heavy atom. The molecule has 5 nitrogen and oxygen atoms in total. The Morgan fingerprint density at radius 3 is 2.65 bits per heavy atom. The molecule has 1 aromatic rings. The zero-order valence-corrected chi connectivity index (χ0v) is 9.88. The van der Waals surface area contributed by atoms with Gasteiger partial charge in [0.1, 0.15) is 17.5 Å². The molecule has 0 spiro atoms. The van der Waals surface area contributed by atoms with Crippen LogP contribution in [0.1, 0.15) is 19.4 Å². The summed E-state index contributed by atoms with van der Waals surface area (Å²) in [6.07, 6.45) is -0.0269. The lowest BCUT2D eigenvalue weighted by Gasteiger charge is -2.16. The summed E-state index contributed by atoms with van der Waals surface area (Å²) in [6, 6.07) is 3.75. The molecule has 0 saturated carbocycles. The van der Waals surface area contributed by atoms with Gasteiger partial charge in [-0.3, -0.25) is 4.79 Å². The second kappa shape index (κ2) is 5.54. The van der Waals surface area contributed by atoms with Crippen molar-refractivity contribution in [1.82, 2.24) is 0 Å². The Bertz CT molecular complexity index is 403. The van der Waals surface area contributed by atoms with Gasteiger partial charge >= 0.3 is 5.97 Å². The summed E-state index contributed by atoms with van der Waals surface area (Å²) < 4.78 is 5.50. The summed E-state index contributed by atoms with van der Waals surface area (Å²) in [7, 11) is 0. The fraction of sp³-hybridized carbons (Fsp3) is 0.417. The minimum absolute atomic E-state index is 0.000139. The zero-order chi connectivity index (χ0) is 13.0. The predicted molar refractivity (Wildman–Crippen MR) is 63.2 cm³/mol. The van der Waals surface area contributed by atoms with Gasteiger partial charge in [-0.25, -0.2) is 0 Å². The summed E-state index contributed by atoms with van der Waals surface area (Å²) in [6.45, 7) is 3.70. The molecule has 1 aromatic carbocycles. The predicted octanol–water partition coefficient (Wildman–Crippen LogP) is 1.13. The SMILES string of the molecule is CC(C)Oc1cccc(O)c1CC(N)C(=O)O. The molecule has 4 N–H and O–H groups in total. The number of hydrogen-bond donors (Lipinski definition) is 3. The van der Waals surface area contributed by atoms with Crippen LogP contribution in [0.5, 0.6) is 11.5 Å². The number of carboxylic acid groups (broad SMARTS) is 1. The van der Waals surface area contributed by atoms with E-state index < -0.39 is 12.0 Å². The molecule has 94 valence electrons. The van der Waals surface area contributed by atoms with Crippen LogP contribution in [0, 0.1) is 0 Å². The number of aliphatic carboxylic acids is 1. The first kappa shape index (κ1) is 13.3. The number of aromatic hydroxyl groups is 1. The van der Waals surface area contributed by atoms with Gasteiger partial charge in [-0.1, -0.05) is 6.07 Å². The van der Waals surface area contributed by atoms with Crippen LogP contribution in [0.2, 0.25) is 0 Å². The van der Waals surface area contributed by atoms with E-state index in [2.05, 4.69) is 0 Å². The van der Waals surface area contributed by atoms with Gasteiger partial charge in [0.2, 0.25) is 0 Å². The summed E-state index contributed by atoms with van der Waals surface area (Å²) >= 11 is 0. The van der Waals surface area contributed by atoms with Crippen LogP contribution in [-0.2, 0) is 11.2 Å². The number of nitrogens with two attached hydrogens (primary N) is 1. The quantitative estimate of drug-likeness (QED) is 0.716. The third-order valence-corrected chi connectivity index (χ3v) is 2.21. The molecule has 1 unspecified atom stereocenters. The van der Waals surface area contributed by atoms with Crippen molar-refractivity contribution in [3.05, 3.63) is 23.8 Å². The summed E-state index contributed by atoms with van der Waals surface area (Å²) in [5.74, 6) is -0.639. The number of phenolic OH excluding ortho intramolecular Hbond substituents is 1. The van der Waals surface area contributed by atoms with Gasteiger partial charge in [-0.2, -0.15) is 0 Å². The van der Waals surface area contributed by atoms with E-state index in [4.69, 9.17) is 15.6 Å². The van der Waals surface area contributed by atoms with Crippen LogP contribution in [-0.4, -0.2) is 28.3 Å². The molecule has 0 radical (unpaired) electrons. The van der Waals surface area contributed by atoms with Crippen molar-refractivity contribution in [1.29, 1.82) is 0 Å². The summed E-state index contributed by atoms with van der Waals surface area (Å²) in [5.41, 5.74) is 5.88. The number of rotatable bonds is 5. The monoisotopic (exact) mass is 239 g/mol. The molecule has 1 atom stereocenters. The summed E-state index contributed by atoms with van der Waals surface area (Å²) in [4.78, 5) is 10.7. The van der Waals surface area contributed by atoms with Crippen LogP contribution in [0.4, 0.5) is 0 Å². The smallest absolute Gasteiger partial charge is 0.320 e. The standard InChI is InChI=1S/C12H17NO4/c1-7(2)17-11-5-3-4-10(14)8(11)6-9(13)12(15)16/h3-5,7,9,14H,6,13H2,1-2H3,(H,15,16). The second-order valence-corrected chi connectivity index (χ2v) is 4.07. The number of carbonyl (C=O) groups is 1. The molecule has 17 heavy (non-hydrogen) atoms. The molecule has 0 aromatic heterocycles. The Labute approximate surface area is 99.8 Å². The highest BCUT2D eigenvalue weighted by molar-refractivity contribution is 5.74. The van der Waals surface area contributed by atoms with Crippen molar-refractivity contribution < 1.29 is 19.7 Å². The molecule has 0 bridgehead atoms. The highest BCUT2D eigenvalue weighted by Gasteiger charge is 2.18. The van der Waals surface area contributed by atoms with Crippen molar-refractivity contribution in [3.8, 4) is 11.5 Å². The van der Waals surface area contributed by atoms with Crippen molar-refractivity contribution >= 4 is 5.97 Å². The van der Waals surface area contributed by atoms with Crippen LogP contribution in [0.25, 0.3) is 0 Å². The van der Waals surface area contributed by atoms with Crippen LogP contribution in [0.15, 0.2) is 18.2 Å². The Kier molecular flexibility index (Phi) is 4.34. The maximum Gasteiger partial charge on any atom is 0.320 e. The van der Waals surface area contributed by atoms with Gasteiger partial charge < -0.3 is 20.7 Å². The van der Waals surface area contributed by atoms with Gasteiger partial charge in [-0.15, -0.1) is 0 Å². The lowest BCUT2D eigenvalue weighted by Crippen LogP contribution is -2.32. The molecule has 0 aliphatic heterocycles. The first-order chi connectivity index (χ1) is 7.91. The lowest BCUT2D eigenvalue weighted by atomic mass is 10.0. The van der Waals surface area contributed by atoms with Crippen LogP contribution < -0.4 is 10.5 Å². The fourth-order valence-corrected chi connectivity index (χ4v) is 1.43. The van der Waals surface area contributed by atoms with E-state index in [-0.39, 0.29) is 18.3 Å². The number of benzene rings is 1. The molecule has 0 aliphatic rings. The highest BCUT2D eigenvalue weighted by atomic mass is 16.5. The first-order valence-electron chi connectivity index (χ1n) is 5.37. The molecule has 0 amide bonds. The Balaban J connectivity index is 2.99. The first-order valence-corrected chi connectivity index (χ1v) is 5.37. The maximum absolute atomic E-state index is 10.7. The van der Waals surface area contributed by atoms with E-state index in [1.807, 2.05) is 13.8 Å². The van der Waals surface area contributed by atoms with Gasteiger partial charge in [0, 0.05) is 12.0 Å². The minimum atomic E-state index is -1.11. The van der Waals surface area contributed by atoms with E-state index in [1.54, 1.807) is 12.1 Å². The molecular weight excluding hydrogens is 222 g/mol. The molecule has 0 fully saturated rings. The largest absolute Gasteiger partial charge is 0.508 e. The Morgan fingerprint density at radius 2 is 2.12 bits per heavy atom. The van der Waals surface area contributed by atoms with E-state index in [0.717, 1.165) is 0 Å². The zero-order valence-electron chi connectivity index (χ0n) is 9.88. The van der Waals surface area contributed by atoms with Gasteiger partial charge in [-0.05, 0) is 26.0 Å². The van der Waals surface area contributed by atoms with Gasteiger partial charge in [0.05, 0.1) is 6.10 Å². The number of carboxylic acids is 1. The maximum atomic E-state index is 10.7. The molecule has 0 aliphatic carbocycles. The highest BCUT2D eigenvalue weighted by Crippen LogP contribution is 2.29. The number of phenols is 1. The average molecular weight is 239 g/mol. The third kappa shape index (κ3) is 3.64. The average Bonchev–Trinajstić information content (AvgIpc) is 2.22. The van der Waals surface area contributed by atoms with Crippen LogP contribution >= 0.6 is 0 Å². The topological polar surface area (TPSA) is 92.8 Å². The minimum Gasteiger partial charge on any atom is -0.508 e. The van der Waals surface area contributed by atoms with Gasteiger partial charge in [0.15, 0.2) is 0 Å². The van der Waals surface area contributed by atoms with Crippen molar-refractivity contribution in [2.24, 2.45) is 5.73 Å². The lowest BCUT2D eigenvalue weighted by molar-refractivity contribution is -0.138. The molecule has 1 rings (SSSR count).